The number of benzene rings is 3. The summed E-state index contributed by atoms with van der Waals surface area (Å²) in [6, 6.07) is 14.7. The van der Waals surface area contributed by atoms with E-state index in [1.54, 1.807) is 30.3 Å². The summed E-state index contributed by atoms with van der Waals surface area (Å²) < 4.78 is 104. The zero-order chi connectivity index (χ0) is 31.8. The Morgan fingerprint density at radius 2 is 1.70 bits per heavy atom. The molecule has 5 rings (SSSR count). The van der Waals surface area contributed by atoms with E-state index in [9.17, 15) is 26.7 Å². The van der Waals surface area contributed by atoms with Crippen LogP contribution in [-0.4, -0.2) is 24.0 Å². The third-order valence-corrected chi connectivity index (χ3v) is 8.22. The Labute approximate surface area is 250 Å². The first kappa shape index (κ1) is 31.2. The van der Waals surface area contributed by atoms with Crippen LogP contribution >= 0.6 is 11.8 Å². The molecule has 0 saturated carbocycles. The zero-order valence-electron chi connectivity index (χ0n) is 23.1. The van der Waals surface area contributed by atoms with E-state index in [1.165, 1.54) is 30.7 Å². The summed E-state index contributed by atoms with van der Waals surface area (Å²) in [5, 5.41) is 0.217. The van der Waals surface area contributed by atoms with Gasteiger partial charge in [-0.2, -0.15) is 22.0 Å². The van der Waals surface area contributed by atoms with Crippen LogP contribution in [0.15, 0.2) is 76.6 Å². The van der Waals surface area contributed by atoms with Crippen molar-refractivity contribution in [3.8, 4) is 16.9 Å². The summed E-state index contributed by atoms with van der Waals surface area (Å²) in [6.07, 6.45) is -5.50. The number of fused-ring (bicyclic) bond motifs is 1. The first-order chi connectivity index (χ1) is 20.9. The number of hydrogen-bond donors (Lipinski definition) is 1. The second kappa shape index (κ2) is 12.4. The SMILES string of the molecule is CONC(=C1CSc2c(Cc3c(F)cccc3C(F)(F)F)c(C)c(-c3cccc(OC(F)F)c3F)c(=O)n21)c1ccccc1. The zero-order valence-corrected chi connectivity index (χ0v) is 23.9. The van der Waals surface area contributed by atoms with Gasteiger partial charge < -0.3 is 4.74 Å². The van der Waals surface area contributed by atoms with E-state index >= 15 is 8.78 Å². The van der Waals surface area contributed by atoms with Crippen LogP contribution in [0.3, 0.4) is 0 Å². The molecule has 5 nitrogen and oxygen atoms in total. The number of nitrogens with zero attached hydrogens (tertiary/aromatic N) is 1. The lowest BCUT2D eigenvalue weighted by molar-refractivity contribution is -0.138. The van der Waals surface area contributed by atoms with Crippen LogP contribution in [0.1, 0.15) is 27.8 Å². The number of thioether (sulfide) groups is 1. The molecule has 230 valence electrons. The van der Waals surface area contributed by atoms with E-state index in [0.29, 0.717) is 17.0 Å². The largest absolute Gasteiger partial charge is 0.432 e. The third kappa shape index (κ3) is 5.81. The molecule has 0 radical (unpaired) electrons. The van der Waals surface area contributed by atoms with Gasteiger partial charge in [-0.1, -0.05) is 48.5 Å². The summed E-state index contributed by atoms with van der Waals surface area (Å²) in [5.74, 6) is -3.08. The number of hydrogen-bond acceptors (Lipinski definition) is 5. The van der Waals surface area contributed by atoms with Crippen molar-refractivity contribution >= 4 is 23.2 Å². The number of aromatic nitrogens is 1. The van der Waals surface area contributed by atoms with Crippen LogP contribution in [0, 0.1) is 18.6 Å². The van der Waals surface area contributed by atoms with Gasteiger partial charge in [0.25, 0.3) is 5.56 Å². The highest BCUT2D eigenvalue weighted by molar-refractivity contribution is 8.00. The minimum Gasteiger partial charge on any atom is -0.432 e. The minimum atomic E-state index is -4.89. The molecule has 4 aromatic rings. The fourth-order valence-electron chi connectivity index (χ4n) is 5.18. The van der Waals surface area contributed by atoms with Crippen LogP contribution in [0.25, 0.3) is 22.5 Å². The Balaban J connectivity index is 1.86. The quantitative estimate of drug-likeness (QED) is 0.158. The molecule has 0 atom stereocenters. The molecular weight excluding hydrogens is 613 g/mol. The second-order valence-electron chi connectivity index (χ2n) is 9.64. The third-order valence-electron chi connectivity index (χ3n) is 7.10. The van der Waals surface area contributed by atoms with E-state index in [1.807, 2.05) is 0 Å². The summed E-state index contributed by atoms with van der Waals surface area (Å²) in [7, 11) is 1.35. The lowest BCUT2D eigenvalue weighted by atomic mass is 9.92. The molecule has 0 fully saturated rings. The second-order valence-corrected chi connectivity index (χ2v) is 10.6. The van der Waals surface area contributed by atoms with Crippen molar-refractivity contribution in [2.45, 2.75) is 31.2 Å². The topological polar surface area (TPSA) is 52.5 Å². The van der Waals surface area contributed by atoms with Gasteiger partial charge in [0.15, 0.2) is 11.6 Å². The summed E-state index contributed by atoms with van der Waals surface area (Å²) in [4.78, 5) is 19.4. The van der Waals surface area contributed by atoms with E-state index < -0.39 is 58.8 Å². The number of pyridine rings is 1. The molecule has 1 N–H and O–H groups in total. The highest BCUT2D eigenvalue weighted by Crippen LogP contribution is 2.43. The molecule has 0 spiro atoms. The molecule has 2 heterocycles. The Morgan fingerprint density at radius 3 is 2.36 bits per heavy atom. The standard InChI is InChI=1S/C31H23F7N2O3S/c1-16-19(14-20-21(31(36,37)38)11-7-12-22(20)32)29-40(23(15-44-29)27(39-42-2)17-8-4-3-5-9-17)28(41)25(16)18-10-6-13-24(26(18)33)43-30(34)35/h3-13,30,39H,14-15H2,1-2H3. The molecule has 1 aliphatic rings. The highest BCUT2D eigenvalue weighted by Gasteiger charge is 2.36. The Morgan fingerprint density at radius 1 is 1.00 bits per heavy atom. The van der Waals surface area contributed by atoms with Crippen LogP contribution in [0.2, 0.25) is 0 Å². The van der Waals surface area contributed by atoms with Crippen molar-refractivity contribution < 1.29 is 40.3 Å². The van der Waals surface area contributed by atoms with Gasteiger partial charge in [0.05, 0.1) is 34.7 Å². The highest BCUT2D eigenvalue weighted by atomic mass is 32.2. The molecule has 1 aromatic heterocycles. The maximum atomic E-state index is 15.7. The van der Waals surface area contributed by atoms with Gasteiger partial charge in [0, 0.05) is 28.9 Å². The molecule has 44 heavy (non-hydrogen) atoms. The average molecular weight is 637 g/mol. The normalized spacial score (nSPS) is 14.1. The Bertz CT molecular complexity index is 1810. The first-order valence-corrected chi connectivity index (χ1v) is 14.0. The summed E-state index contributed by atoms with van der Waals surface area (Å²) >= 11 is 1.13. The monoisotopic (exact) mass is 636 g/mol. The predicted molar refractivity (Wildman–Crippen MR) is 152 cm³/mol. The Hall–Kier alpha value is -4.23. The van der Waals surface area contributed by atoms with Gasteiger partial charge in [-0.25, -0.2) is 8.78 Å². The van der Waals surface area contributed by atoms with Gasteiger partial charge in [-0.05, 0) is 36.2 Å². The van der Waals surface area contributed by atoms with Crippen LogP contribution < -0.4 is 15.8 Å². The Kier molecular flexibility index (Phi) is 8.80. The van der Waals surface area contributed by atoms with Gasteiger partial charge in [-0.3, -0.25) is 19.7 Å². The van der Waals surface area contributed by atoms with Crippen LogP contribution in [0.5, 0.6) is 5.75 Å². The fourth-order valence-corrected chi connectivity index (χ4v) is 6.45. The number of halogens is 7. The fraction of sp³-hybridized carbons (Fsp3) is 0.194. The summed E-state index contributed by atoms with van der Waals surface area (Å²) in [5.41, 5.74) is 0.844. The maximum absolute atomic E-state index is 15.7. The molecule has 0 amide bonds. The van der Waals surface area contributed by atoms with E-state index in [-0.39, 0.29) is 27.5 Å². The number of rotatable bonds is 8. The number of ether oxygens (including phenoxy) is 1. The number of alkyl halides is 5. The molecule has 0 saturated heterocycles. The van der Waals surface area contributed by atoms with E-state index in [0.717, 1.165) is 36.0 Å². The van der Waals surface area contributed by atoms with E-state index in [2.05, 4.69) is 10.2 Å². The molecule has 3 aromatic carbocycles. The van der Waals surface area contributed by atoms with E-state index in [4.69, 9.17) is 4.84 Å². The molecule has 0 bridgehead atoms. The van der Waals surface area contributed by atoms with Crippen molar-refractivity contribution in [1.29, 1.82) is 0 Å². The van der Waals surface area contributed by atoms with Crippen LogP contribution in [-0.2, 0) is 17.4 Å². The van der Waals surface area contributed by atoms with Crippen molar-refractivity contribution in [3.05, 3.63) is 117 Å². The van der Waals surface area contributed by atoms with Crippen molar-refractivity contribution in [2.24, 2.45) is 0 Å². The minimum absolute atomic E-state index is 0.0560. The summed E-state index contributed by atoms with van der Waals surface area (Å²) in [6.45, 7) is -1.96. The van der Waals surface area contributed by atoms with Gasteiger partial charge in [0.1, 0.15) is 5.82 Å². The number of nitrogens with one attached hydrogen (secondary N) is 1. The lowest BCUT2D eigenvalue weighted by Crippen LogP contribution is -2.26. The smallest absolute Gasteiger partial charge is 0.416 e. The van der Waals surface area contributed by atoms with Crippen molar-refractivity contribution in [2.75, 3.05) is 12.9 Å². The first-order valence-electron chi connectivity index (χ1n) is 13.0. The van der Waals surface area contributed by atoms with Crippen molar-refractivity contribution in [3.63, 3.8) is 0 Å². The van der Waals surface area contributed by atoms with Crippen molar-refractivity contribution in [1.82, 2.24) is 10.0 Å². The molecule has 13 heteroatoms. The maximum Gasteiger partial charge on any atom is 0.416 e. The van der Waals surface area contributed by atoms with Gasteiger partial charge in [-0.15, -0.1) is 11.8 Å². The molecule has 1 aliphatic heterocycles. The van der Waals surface area contributed by atoms with Crippen LogP contribution in [0.4, 0.5) is 30.7 Å². The van der Waals surface area contributed by atoms with Gasteiger partial charge >= 0.3 is 12.8 Å². The van der Waals surface area contributed by atoms with Gasteiger partial charge in [0.2, 0.25) is 0 Å². The lowest BCUT2D eigenvalue weighted by Gasteiger charge is -2.21. The predicted octanol–water partition coefficient (Wildman–Crippen LogP) is 7.90. The molecule has 0 aliphatic carbocycles. The molecule has 0 unspecified atom stereocenters. The molecular formula is C31H23F7N2O3S. The average Bonchev–Trinajstić information content (AvgIpc) is 3.41. The number of hydroxylamine groups is 1.